The molecule has 0 atom stereocenters. The van der Waals surface area contributed by atoms with Crippen LogP contribution in [-0.2, 0) is 20.1 Å². The molecule has 2 N–H and O–H groups in total. The predicted octanol–water partition coefficient (Wildman–Crippen LogP) is 2.91. The molecule has 5 heteroatoms. The first-order valence-electron chi connectivity index (χ1n) is 8.16. The van der Waals surface area contributed by atoms with E-state index in [-0.39, 0.29) is 11.1 Å². The lowest BCUT2D eigenvalue weighted by atomic mass is 9.97. The van der Waals surface area contributed by atoms with Gasteiger partial charge in [0.25, 0.3) is 0 Å². The molecule has 0 aliphatic rings. The van der Waals surface area contributed by atoms with E-state index in [1.165, 1.54) is 0 Å². The topological polar surface area (TPSA) is 65.8 Å². The molecule has 0 fully saturated rings. The molecular formula is C19H24N4O. The zero-order valence-electron chi connectivity index (χ0n) is 14.7. The zero-order chi connectivity index (χ0) is 17.5. The van der Waals surface area contributed by atoms with Crippen molar-refractivity contribution in [2.24, 2.45) is 18.2 Å². The van der Waals surface area contributed by atoms with Gasteiger partial charge in [0.05, 0.1) is 11.2 Å². The van der Waals surface area contributed by atoms with Crippen molar-refractivity contribution in [3.63, 3.8) is 0 Å². The number of hydrogen-bond acceptors (Lipinski definition) is 3. The van der Waals surface area contributed by atoms with Crippen molar-refractivity contribution in [2.45, 2.75) is 33.9 Å². The van der Waals surface area contributed by atoms with Crippen LogP contribution in [-0.4, -0.2) is 14.1 Å². The van der Waals surface area contributed by atoms with Gasteiger partial charge in [-0.05, 0) is 23.1 Å². The van der Waals surface area contributed by atoms with Gasteiger partial charge in [0, 0.05) is 25.7 Å². The third kappa shape index (κ3) is 2.99. The summed E-state index contributed by atoms with van der Waals surface area (Å²) in [5, 5.41) is 0. The molecule has 3 rings (SSSR count). The summed E-state index contributed by atoms with van der Waals surface area (Å²) in [5.74, 6) is 0. The quantitative estimate of drug-likeness (QED) is 0.805. The number of aryl methyl sites for hydroxylation is 1. The van der Waals surface area contributed by atoms with E-state index >= 15 is 0 Å². The van der Waals surface area contributed by atoms with E-state index in [9.17, 15) is 4.79 Å². The van der Waals surface area contributed by atoms with Crippen LogP contribution in [0.3, 0.4) is 0 Å². The van der Waals surface area contributed by atoms with Gasteiger partial charge < -0.3 is 5.73 Å². The Morgan fingerprint density at radius 2 is 1.75 bits per heavy atom. The first kappa shape index (κ1) is 16.5. The lowest BCUT2D eigenvalue weighted by molar-refractivity contribution is 0.342. The number of hydrogen-bond donors (Lipinski definition) is 1. The highest BCUT2D eigenvalue weighted by molar-refractivity contribution is 5.76. The van der Waals surface area contributed by atoms with Gasteiger partial charge in [0.1, 0.15) is 0 Å². The second-order valence-electron chi connectivity index (χ2n) is 7.43. The molecule has 0 aliphatic carbocycles. The first-order valence-corrected chi connectivity index (χ1v) is 8.16. The molecule has 0 aliphatic heterocycles. The standard InChI is InChI=1S/C19H24N4O/c1-19(2,3)12-23-16-10-9-15(21-17(16)22(4)18(23)24)14-7-5-13(11-20)6-8-14/h5-10H,11-12,20H2,1-4H3. The molecule has 5 nitrogen and oxygen atoms in total. The van der Waals surface area contributed by atoms with Gasteiger partial charge in [-0.15, -0.1) is 0 Å². The van der Waals surface area contributed by atoms with Crippen molar-refractivity contribution in [3.8, 4) is 11.3 Å². The molecule has 1 aromatic carbocycles. The maximum atomic E-state index is 12.6. The van der Waals surface area contributed by atoms with E-state index in [2.05, 4.69) is 20.8 Å². The van der Waals surface area contributed by atoms with E-state index in [1.54, 1.807) is 11.6 Å². The van der Waals surface area contributed by atoms with Crippen LogP contribution in [0.15, 0.2) is 41.2 Å². The largest absolute Gasteiger partial charge is 0.330 e. The van der Waals surface area contributed by atoms with Crippen LogP contribution in [0.2, 0.25) is 0 Å². The summed E-state index contributed by atoms with van der Waals surface area (Å²) in [5.41, 5.74) is 10.2. The van der Waals surface area contributed by atoms with Crippen molar-refractivity contribution in [3.05, 3.63) is 52.4 Å². The predicted molar refractivity (Wildman–Crippen MR) is 97.8 cm³/mol. The maximum Gasteiger partial charge on any atom is 0.330 e. The summed E-state index contributed by atoms with van der Waals surface area (Å²) >= 11 is 0. The van der Waals surface area contributed by atoms with Gasteiger partial charge in [0.15, 0.2) is 5.65 Å². The number of aromatic nitrogens is 3. The molecule has 3 aromatic rings. The van der Waals surface area contributed by atoms with Crippen molar-refractivity contribution < 1.29 is 0 Å². The summed E-state index contributed by atoms with van der Waals surface area (Å²) in [6.45, 7) is 7.56. The lowest BCUT2D eigenvalue weighted by Gasteiger charge is -2.18. The minimum atomic E-state index is -0.0249. The minimum Gasteiger partial charge on any atom is -0.326 e. The van der Waals surface area contributed by atoms with Crippen molar-refractivity contribution in [2.75, 3.05) is 0 Å². The molecule has 2 heterocycles. The van der Waals surface area contributed by atoms with Gasteiger partial charge >= 0.3 is 5.69 Å². The smallest absolute Gasteiger partial charge is 0.326 e. The van der Waals surface area contributed by atoms with Crippen LogP contribution < -0.4 is 11.4 Å². The lowest BCUT2D eigenvalue weighted by Crippen LogP contribution is -2.27. The molecule has 0 bridgehead atoms. The van der Waals surface area contributed by atoms with Crippen LogP contribution in [0.5, 0.6) is 0 Å². The Morgan fingerprint density at radius 3 is 2.33 bits per heavy atom. The average molecular weight is 324 g/mol. The number of nitrogens with two attached hydrogens (primary N) is 1. The maximum absolute atomic E-state index is 12.6. The second kappa shape index (κ2) is 5.91. The van der Waals surface area contributed by atoms with Crippen molar-refractivity contribution in [1.29, 1.82) is 0 Å². The van der Waals surface area contributed by atoms with Crippen LogP contribution >= 0.6 is 0 Å². The minimum absolute atomic E-state index is 0.0227. The summed E-state index contributed by atoms with van der Waals surface area (Å²) in [4.78, 5) is 17.3. The Bertz CT molecular complexity index is 927. The number of rotatable bonds is 3. The molecule has 0 amide bonds. The number of nitrogens with zero attached hydrogens (tertiary/aromatic N) is 3. The molecular weight excluding hydrogens is 300 g/mol. The fourth-order valence-electron chi connectivity index (χ4n) is 2.87. The van der Waals surface area contributed by atoms with E-state index in [1.807, 2.05) is 41.0 Å². The fraction of sp³-hybridized carbons (Fsp3) is 0.368. The van der Waals surface area contributed by atoms with Crippen LogP contribution in [0.1, 0.15) is 26.3 Å². The molecule has 0 saturated heterocycles. The molecule has 24 heavy (non-hydrogen) atoms. The van der Waals surface area contributed by atoms with Crippen LogP contribution in [0.25, 0.3) is 22.4 Å². The Kier molecular flexibility index (Phi) is 4.05. The molecule has 0 spiro atoms. The molecule has 0 radical (unpaired) electrons. The Hall–Kier alpha value is -2.40. The van der Waals surface area contributed by atoms with E-state index in [0.717, 1.165) is 22.3 Å². The van der Waals surface area contributed by atoms with E-state index in [4.69, 9.17) is 10.7 Å². The van der Waals surface area contributed by atoms with Gasteiger partial charge in [-0.3, -0.25) is 9.13 Å². The van der Waals surface area contributed by atoms with Gasteiger partial charge in [-0.2, -0.15) is 0 Å². The van der Waals surface area contributed by atoms with Gasteiger partial charge in [-0.1, -0.05) is 45.0 Å². The molecule has 0 saturated carbocycles. The van der Waals surface area contributed by atoms with Crippen LogP contribution in [0, 0.1) is 5.41 Å². The van der Waals surface area contributed by atoms with E-state index in [0.29, 0.717) is 18.7 Å². The number of pyridine rings is 1. The van der Waals surface area contributed by atoms with Crippen molar-refractivity contribution >= 4 is 11.2 Å². The SMILES string of the molecule is Cn1c(=O)n(CC(C)(C)C)c2ccc(-c3ccc(CN)cc3)nc21. The first-order chi connectivity index (χ1) is 11.3. The van der Waals surface area contributed by atoms with Gasteiger partial charge in [0.2, 0.25) is 0 Å². The molecule has 0 unspecified atom stereocenters. The number of benzene rings is 1. The highest BCUT2D eigenvalue weighted by Gasteiger charge is 2.18. The Balaban J connectivity index is 2.11. The average Bonchev–Trinajstić information content (AvgIpc) is 2.78. The van der Waals surface area contributed by atoms with Gasteiger partial charge in [-0.25, -0.2) is 9.78 Å². The monoisotopic (exact) mass is 324 g/mol. The Labute approximate surface area is 141 Å². The second-order valence-corrected chi connectivity index (χ2v) is 7.43. The summed E-state index contributed by atoms with van der Waals surface area (Å²) in [6.07, 6.45) is 0. The number of imidazole rings is 1. The summed E-state index contributed by atoms with van der Waals surface area (Å²) < 4.78 is 3.43. The fourth-order valence-corrected chi connectivity index (χ4v) is 2.87. The normalized spacial score (nSPS) is 12.0. The molecule has 126 valence electrons. The zero-order valence-corrected chi connectivity index (χ0v) is 14.7. The third-order valence-corrected chi connectivity index (χ3v) is 4.10. The highest BCUT2D eigenvalue weighted by Crippen LogP contribution is 2.23. The highest BCUT2D eigenvalue weighted by atomic mass is 16.1. The van der Waals surface area contributed by atoms with E-state index < -0.39 is 0 Å². The van der Waals surface area contributed by atoms with Crippen LogP contribution in [0.4, 0.5) is 0 Å². The number of fused-ring (bicyclic) bond motifs is 1. The van der Waals surface area contributed by atoms with Crippen molar-refractivity contribution in [1.82, 2.24) is 14.1 Å². The molecule has 2 aromatic heterocycles. The Morgan fingerprint density at radius 1 is 1.08 bits per heavy atom. The summed E-state index contributed by atoms with van der Waals surface area (Å²) in [6, 6.07) is 12.0. The third-order valence-electron chi connectivity index (χ3n) is 4.10. The summed E-state index contributed by atoms with van der Waals surface area (Å²) in [7, 11) is 1.78.